The number of hydrogen-bond acceptors (Lipinski definition) is 2. The molecule has 3 unspecified atom stereocenters. The van der Waals surface area contributed by atoms with Crippen molar-refractivity contribution in [2.75, 3.05) is 12.2 Å². The maximum absolute atomic E-state index is 5.94. The highest BCUT2D eigenvalue weighted by molar-refractivity contribution is 7.98. The van der Waals surface area contributed by atoms with Gasteiger partial charge in [0, 0.05) is 0 Å². The molecule has 1 nitrogen and oxygen atoms in total. The third-order valence-corrected chi connectivity index (χ3v) is 3.73. The summed E-state index contributed by atoms with van der Waals surface area (Å²) in [6, 6.07) is 0. The fraction of sp³-hybridized carbons (Fsp3) is 1.00. The first-order chi connectivity index (χ1) is 6.65. The summed E-state index contributed by atoms with van der Waals surface area (Å²) in [6.45, 7) is 7.01. The van der Waals surface area contributed by atoms with Crippen molar-refractivity contribution in [1.82, 2.24) is 0 Å². The molecule has 0 aromatic rings. The molecule has 0 bridgehead atoms. The van der Waals surface area contributed by atoms with Crippen LogP contribution in [0.15, 0.2) is 0 Å². The second-order valence-electron chi connectivity index (χ2n) is 4.94. The minimum Gasteiger partial charge on any atom is -0.367 e. The largest absolute Gasteiger partial charge is 0.367 e. The van der Waals surface area contributed by atoms with E-state index in [4.69, 9.17) is 4.74 Å². The summed E-state index contributed by atoms with van der Waals surface area (Å²) in [4.78, 5) is 0. The molecule has 1 aliphatic rings. The van der Waals surface area contributed by atoms with Crippen molar-refractivity contribution in [3.63, 3.8) is 0 Å². The van der Waals surface area contributed by atoms with Crippen LogP contribution in [-0.2, 0) is 4.74 Å². The zero-order chi connectivity index (χ0) is 10.6. The lowest BCUT2D eigenvalue weighted by atomic mass is 9.75. The fourth-order valence-electron chi connectivity index (χ4n) is 2.46. The van der Waals surface area contributed by atoms with Crippen LogP contribution in [0.25, 0.3) is 0 Å². The van der Waals surface area contributed by atoms with Crippen LogP contribution in [0.1, 0.15) is 40.0 Å². The van der Waals surface area contributed by atoms with Crippen LogP contribution >= 0.6 is 11.8 Å². The van der Waals surface area contributed by atoms with Crippen LogP contribution in [0.3, 0.4) is 0 Å². The summed E-state index contributed by atoms with van der Waals surface area (Å²) in [5.41, 5.74) is 0. The normalized spacial score (nSPS) is 33.6. The molecule has 1 fully saturated rings. The van der Waals surface area contributed by atoms with Crippen LogP contribution in [0.5, 0.6) is 0 Å². The van der Waals surface area contributed by atoms with Crippen molar-refractivity contribution in [3.05, 3.63) is 0 Å². The number of ether oxygens (including phenoxy) is 1. The van der Waals surface area contributed by atoms with Crippen molar-refractivity contribution in [1.29, 1.82) is 0 Å². The summed E-state index contributed by atoms with van der Waals surface area (Å²) in [5, 5.41) is 0. The van der Waals surface area contributed by atoms with Gasteiger partial charge in [0.15, 0.2) is 0 Å². The third-order valence-electron chi connectivity index (χ3n) is 3.36. The summed E-state index contributed by atoms with van der Waals surface area (Å²) in [7, 11) is 0. The van der Waals surface area contributed by atoms with Crippen molar-refractivity contribution in [2.24, 2.45) is 17.8 Å². The Morgan fingerprint density at radius 1 is 1.36 bits per heavy atom. The number of rotatable bonds is 4. The maximum Gasteiger partial charge on any atom is 0.0922 e. The predicted molar refractivity (Wildman–Crippen MR) is 64.6 cm³/mol. The zero-order valence-corrected chi connectivity index (χ0v) is 10.8. The first kappa shape index (κ1) is 12.4. The molecule has 0 radical (unpaired) electrons. The van der Waals surface area contributed by atoms with Gasteiger partial charge in [-0.15, -0.1) is 11.8 Å². The molecule has 14 heavy (non-hydrogen) atoms. The highest BCUT2D eigenvalue weighted by Gasteiger charge is 2.30. The van der Waals surface area contributed by atoms with Gasteiger partial charge in [-0.2, -0.15) is 0 Å². The van der Waals surface area contributed by atoms with Gasteiger partial charge in [-0.25, -0.2) is 0 Å². The van der Waals surface area contributed by atoms with Crippen LogP contribution in [0.2, 0.25) is 0 Å². The highest BCUT2D eigenvalue weighted by Crippen LogP contribution is 2.35. The Hall–Kier alpha value is 0.310. The molecular weight excluding hydrogens is 192 g/mol. The second-order valence-corrected chi connectivity index (χ2v) is 5.75. The molecule has 2 heteroatoms. The first-order valence-corrected chi connectivity index (χ1v) is 7.15. The summed E-state index contributed by atoms with van der Waals surface area (Å²) in [6.07, 6.45) is 6.64. The van der Waals surface area contributed by atoms with Crippen molar-refractivity contribution in [2.45, 2.75) is 46.1 Å². The molecule has 3 atom stereocenters. The van der Waals surface area contributed by atoms with E-state index in [-0.39, 0.29) is 0 Å². The quantitative estimate of drug-likeness (QED) is 0.661. The van der Waals surface area contributed by atoms with Crippen molar-refractivity contribution in [3.8, 4) is 0 Å². The summed E-state index contributed by atoms with van der Waals surface area (Å²) >= 11 is 1.79. The molecule has 1 saturated carbocycles. The van der Waals surface area contributed by atoms with Crippen LogP contribution in [0.4, 0.5) is 0 Å². The van der Waals surface area contributed by atoms with Crippen LogP contribution < -0.4 is 0 Å². The first-order valence-electron chi connectivity index (χ1n) is 5.75. The van der Waals surface area contributed by atoms with E-state index in [2.05, 4.69) is 27.0 Å². The van der Waals surface area contributed by atoms with Crippen LogP contribution in [0, 0.1) is 17.8 Å². The molecule has 0 spiro atoms. The number of hydrogen-bond donors (Lipinski definition) is 0. The Morgan fingerprint density at radius 3 is 2.64 bits per heavy atom. The van der Waals surface area contributed by atoms with E-state index in [1.807, 2.05) is 0 Å². The Bertz CT molecular complexity index is 158. The third kappa shape index (κ3) is 3.47. The van der Waals surface area contributed by atoms with Gasteiger partial charge < -0.3 is 4.74 Å². The summed E-state index contributed by atoms with van der Waals surface area (Å²) in [5.74, 6) is 3.28. The maximum atomic E-state index is 5.94. The molecule has 84 valence electrons. The summed E-state index contributed by atoms with van der Waals surface area (Å²) < 4.78 is 5.94. The van der Waals surface area contributed by atoms with E-state index in [1.54, 1.807) is 11.8 Å². The standard InChI is InChI=1S/C12H24OS/c1-9(2)11-6-5-10(3)7-12(11)13-8-14-4/h9-12H,5-8H2,1-4H3. The monoisotopic (exact) mass is 216 g/mol. The minimum absolute atomic E-state index is 0.520. The minimum atomic E-state index is 0.520. The number of thioether (sulfide) groups is 1. The molecule has 1 aliphatic carbocycles. The molecule has 1 rings (SSSR count). The van der Waals surface area contributed by atoms with Gasteiger partial charge in [-0.1, -0.05) is 27.2 Å². The van der Waals surface area contributed by atoms with Gasteiger partial charge in [0.05, 0.1) is 12.0 Å². The Labute approximate surface area is 93.0 Å². The molecule has 0 N–H and O–H groups in total. The lowest BCUT2D eigenvalue weighted by Gasteiger charge is -2.37. The fourth-order valence-corrected chi connectivity index (χ4v) is 2.77. The lowest BCUT2D eigenvalue weighted by Crippen LogP contribution is -2.34. The molecule has 0 aromatic heterocycles. The van der Waals surface area contributed by atoms with E-state index in [1.165, 1.54) is 19.3 Å². The van der Waals surface area contributed by atoms with Crippen molar-refractivity contribution >= 4 is 11.8 Å². The average Bonchev–Trinajstić information content (AvgIpc) is 2.14. The highest BCUT2D eigenvalue weighted by atomic mass is 32.2. The van der Waals surface area contributed by atoms with Gasteiger partial charge in [0.25, 0.3) is 0 Å². The SMILES string of the molecule is CSCOC1CC(C)CCC1C(C)C. The molecule has 0 aliphatic heterocycles. The molecular formula is C12H24OS. The zero-order valence-electron chi connectivity index (χ0n) is 9.95. The molecule has 0 aromatic carbocycles. The van der Waals surface area contributed by atoms with Gasteiger partial charge in [0.2, 0.25) is 0 Å². The van der Waals surface area contributed by atoms with Crippen LogP contribution in [-0.4, -0.2) is 18.3 Å². The van der Waals surface area contributed by atoms with Gasteiger partial charge in [-0.3, -0.25) is 0 Å². The van der Waals surface area contributed by atoms with E-state index in [9.17, 15) is 0 Å². The van der Waals surface area contributed by atoms with E-state index >= 15 is 0 Å². The van der Waals surface area contributed by atoms with Gasteiger partial charge in [0.1, 0.15) is 0 Å². The molecule has 0 saturated heterocycles. The second kappa shape index (κ2) is 6.02. The lowest BCUT2D eigenvalue weighted by molar-refractivity contribution is -0.0169. The van der Waals surface area contributed by atoms with E-state index in [0.717, 1.165) is 23.7 Å². The van der Waals surface area contributed by atoms with E-state index < -0.39 is 0 Å². The smallest absolute Gasteiger partial charge is 0.0922 e. The van der Waals surface area contributed by atoms with Crippen molar-refractivity contribution < 1.29 is 4.74 Å². The Balaban J connectivity index is 2.45. The van der Waals surface area contributed by atoms with E-state index in [0.29, 0.717) is 6.10 Å². The molecule has 0 heterocycles. The topological polar surface area (TPSA) is 9.23 Å². The Kier molecular flexibility index (Phi) is 5.32. The molecule has 0 amide bonds. The Morgan fingerprint density at radius 2 is 2.07 bits per heavy atom. The predicted octanol–water partition coefficient (Wildman–Crippen LogP) is 3.78. The van der Waals surface area contributed by atoms with Gasteiger partial charge >= 0.3 is 0 Å². The van der Waals surface area contributed by atoms with Gasteiger partial charge in [-0.05, 0) is 36.9 Å². The average molecular weight is 216 g/mol.